The van der Waals surface area contributed by atoms with Crippen LogP contribution in [0.2, 0.25) is 0 Å². The Balaban J connectivity index is 1.29. The van der Waals surface area contributed by atoms with E-state index in [4.69, 9.17) is 4.42 Å². The predicted octanol–water partition coefficient (Wildman–Crippen LogP) is 5.18. The Labute approximate surface area is 200 Å². The number of carbonyl (C=O) groups excluding carboxylic acids is 2. The number of hydrogen-bond acceptors (Lipinski definition) is 4. The molecule has 2 amide bonds. The van der Waals surface area contributed by atoms with Crippen LogP contribution in [-0.2, 0) is 4.79 Å². The van der Waals surface area contributed by atoms with Crippen LogP contribution in [0, 0.1) is 12.8 Å². The van der Waals surface area contributed by atoms with Crippen molar-refractivity contribution in [2.24, 2.45) is 5.92 Å². The normalized spacial score (nSPS) is 17.1. The van der Waals surface area contributed by atoms with Crippen LogP contribution in [0.5, 0.6) is 0 Å². The van der Waals surface area contributed by atoms with Gasteiger partial charge in [0.05, 0.1) is 11.8 Å². The minimum Gasteiger partial charge on any atom is -0.436 e. The first-order chi connectivity index (χ1) is 16.6. The number of likely N-dealkylation sites (tertiary alicyclic amines) is 2. The average Bonchev–Trinajstić information content (AvgIpc) is 3.39. The van der Waals surface area contributed by atoms with E-state index in [1.54, 1.807) is 6.20 Å². The lowest BCUT2D eigenvalue weighted by Gasteiger charge is -2.35. The highest BCUT2D eigenvalue weighted by Gasteiger charge is 2.32. The largest absolute Gasteiger partial charge is 0.436 e. The molecule has 2 saturated heterocycles. The molecule has 0 bridgehead atoms. The minimum atomic E-state index is -0.0328. The standard InChI is InChI=1S/C28H31N3O3/c1-20-9-11-21(12-10-20)25-19-29-26(34-25)23-7-3-4-8-24(23)28(33)31-17-13-22(14-18-31)27(32)30-15-5-2-6-16-30/h3-4,7-12,19,22H,2,5-6,13-18H2,1H3. The molecule has 1 aromatic heterocycles. The van der Waals surface area contributed by atoms with E-state index in [1.807, 2.05) is 65.3 Å². The third-order valence-corrected chi connectivity index (χ3v) is 7.03. The first kappa shape index (κ1) is 22.4. The van der Waals surface area contributed by atoms with Crippen LogP contribution in [0.4, 0.5) is 0 Å². The highest BCUT2D eigenvalue weighted by atomic mass is 16.4. The van der Waals surface area contributed by atoms with E-state index in [9.17, 15) is 9.59 Å². The number of oxazole rings is 1. The van der Waals surface area contributed by atoms with E-state index in [2.05, 4.69) is 4.98 Å². The van der Waals surface area contributed by atoms with Crippen LogP contribution in [-0.4, -0.2) is 52.8 Å². The number of rotatable bonds is 4. The summed E-state index contributed by atoms with van der Waals surface area (Å²) in [5, 5.41) is 0. The smallest absolute Gasteiger partial charge is 0.254 e. The molecule has 0 N–H and O–H groups in total. The van der Waals surface area contributed by atoms with Gasteiger partial charge >= 0.3 is 0 Å². The summed E-state index contributed by atoms with van der Waals surface area (Å²) in [5.41, 5.74) is 3.41. The molecule has 2 aliphatic rings. The molecule has 6 nitrogen and oxygen atoms in total. The number of carbonyl (C=O) groups is 2. The Morgan fingerprint density at radius 2 is 1.59 bits per heavy atom. The van der Waals surface area contributed by atoms with Crippen LogP contribution >= 0.6 is 0 Å². The molecule has 2 fully saturated rings. The van der Waals surface area contributed by atoms with Crippen molar-refractivity contribution in [2.45, 2.75) is 39.0 Å². The number of amides is 2. The molecule has 34 heavy (non-hydrogen) atoms. The van der Waals surface area contributed by atoms with E-state index >= 15 is 0 Å². The van der Waals surface area contributed by atoms with Crippen molar-refractivity contribution < 1.29 is 14.0 Å². The third-order valence-electron chi connectivity index (χ3n) is 7.03. The Morgan fingerprint density at radius 3 is 2.32 bits per heavy atom. The van der Waals surface area contributed by atoms with Crippen molar-refractivity contribution in [1.29, 1.82) is 0 Å². The molecule has 6 heteroatoms. The summed E-state index contributed by atoms with van der Waals surface area (Å²) >= 11 is 0. The van der Waals surface area contributed by atoms with E-state index in [0.717, 1.165) is 44.3 Å². The molecule has 0 unspecified atom stereocenters. The van der Waals surface area contributed by atoms with Crippen molar-refractivity contribution in [3.63, 3.8) is 0 Å². The highest BCUT2D eigenvalue weighted by Crippen LogP contribution is 2.30. The van der Waals surface area contributed by atoms with Crippen LogP contribution in [0.15, 0.2) is 59.1 Å². The Bertz CT molecular complexity index is 1150. The molecule has 176 valence electrons. The van der Waals surface area contributed by atoms with Crippen molar-refractivity contribution >= 4 is 11.8 Å². The molecule has 0 atom stereocenters. The van der Waals surface area contributed by atoms with Crippen molar-refractivity contribution in [2.75, 3.05) is 26.2 Å². The molecule has 3 heterocycles. The van der Waals surface area contributed by atoms with Gasteiger partial charge in [0.2, 0.25) is 11.8 Å². The molecule has 3 aromatic rings. The van der Waals surface area contributed by atoms with Gasteiger partial charge in [-0.2, -0.15) is 0 Å². The second kappa shape index (κ2) is 9.84. The van der Waals surface area contributed by atoms with Gasteiger partial charge in [-0.25, -0.2) is 4.98 Å². The lowest BCUT2D eigenvalue weighted by atomic mass is 9.93. The second-order valence-corrected chi connectivity index (χ2v) is 9.39. The van der Waals surface area contributed by atoms with Crippen LogP contribution < -0.4 is 0 Å². The van der Waals surface area contributed by atoms with Crippen molar-refractivity contribution in [3.8, 4) is 22.8 Å². The minimum absolute atomic E-state index is 0.0289. The Kier molecular flexibility index (Phi) is 6.48. The van der Waals surface area contributed by atoms with Gasteiger partial charge in [0.1, 0.15) is 0 Å². The number of benzene rings is 2. The topological polar surface area (TPSA) is 66.7 Å². The van der Waals surface area contributed by atoms with Gasteiger partial charge < -0.3 is 14.2 Å². The zero-order valence-corrected chi connectivity index (χ0v) is 19.7. The van der Waals surface area contributed by atoms with Crippen LogP contribution in [0.25, 0.3) is 22.8 Å². The lowest BCUT2D eigenvalue weighted by molar-refractivity contribution is -0.137. The van der Waals surface area contributed by atoms with E-state index in [0.29, 0.717) is 35.9 Å². The summed E-state index contributed by atoms with van der Waals surface area (Å²) < 4.78 is 6.06. The summed E-state index contributed by atoms with van der Waals surface area (Å²) in [6.07, 6.45) is 6.57. The van der Waals surface area contributed by atoms with Gasteiger partial charge in [-0.05, 0) is 51.2 Å². The molecular weight excluding hydrogens is 426 g/mol. The molecule has 2 aromatic carbocycles. The van der Waals surface area contributed by atoms with E-state index in [1.165, 1.54) is 12.0 Å². The summed E-state index contributed by atoms with van der Waals surface area (Å²) in [4.78, 5) is 34.7. The van der Waals surface area contributed by atoms with Crippen molar-refractivity contribution in [1.82, 2.24) is 14.8 Å². The molecule has 2 aliphatic heterocycles. The quantitative estimate of drug-likeness (QED) is 0.541. The summed E-state index contributed by atoms with van der Waals surface area (Å²) in [7, 11) is 0. The molecule has 0 aliphatic carbocycles. The Hall–Kier alpha value is -3.41. The lowest BCUT2D eigenvalue weighted by Crippen LogP contribution is -2.45. The first-order valence-corrected chi connectivity index (χ1v) is 12.3. The monoisotopic (exact) mass is 457 g/mol. The molecule has 0 saturated carbocycles. The van der Waals surface area contributed by atoms with Gasteiger partial charge in [-0.1, -0.05) is 42.0 Å². The molecule has 0 spiro atoms. The zero-order valence-electron chi connectivity index (χ0n) is 19.7. The molecule has 5 rings (SSSR count). The number of aryl methyl sites for hydroxylation is 1. The molecule has 0 radical (unpaired) electrons. The zero-order chi connectivity index (χ0) is 23.5. The van der Waals surface area contributed by atoms with Gasteiger partial charge in [0, 0.05) is 43.2 Å². The fourth-order valence-electron chi connectivity index (χ4n) is 4.98. The predicted molar refractivity (Wildman–Crippen MR) is 131 cm³/mol. The number of aromatic nitrogens is 1. The summed E-state index contributed by atoms with van der Waals surface area (Å²) in [5.74, 6) is 1.38. The van der Waals surface area contributed by atoms with Crippen LogP contribution in [0.3, 0.4) is 0 Å². The van der Waals surface area contributed by atoms with E-state index < -0.39 is 0 Å². The average molecular weight is 458 g/mol. The number of piperidine rings is 2. The maximum absolute atomic E-state index is 13.4. The summed E-state index contributed by atoms with van der Waals surface area (Å²) in [6.45, 7) is 5.00. The van der Waals surface area contributed by atoms with Crippen LogP contribution in [0.1, 0.15) is 48.0 Å². The number of nitrogens with zero attached hydrogens (tertiary/aromatic N) is 3. The molecular formula is C28H31N3O3. The van der Waals surface area contributed by atoms with Gasteiger partial charge in [-0.15, -0.1) is 0 Å². The fraction of sp³-hybridized carbons (Fsp3) is 0.393. The SMILES string of the molecule is Cc1ccc(-c2cnc(-c3ccccc3C(=O)N3CCC(C(=O)N4CCCCC4)CC3)o2)cc1. The van der Waals surface area contributed by atoms with Crippen molar-refractivity contribution in [3.05, 3.63) is 65.9 Å². The maximum atomic E-state index is 13.4. The van der Waals surface area contributed by atoms with Gasteiger partial charge in [0.15, 0.2) is 5.76 Å². The third kappa shape index (κ3) is 4.63. The number of hydrogen-bond donors (Lipinski definition) is 0. The highest BCUT2D eigenvalue weighted by molar-refractivity contribution is 6.00. The van der Waals surface area contributed by atoms with Gasteiger partial charge in [-0.3, -0.25) is 9.59 Å². The Morgan fingerprint density at radius 1 is 0.882 bits per heavy atom. The first-order valence-electron chi connectivity index (χ1n) is 12.3. The van der Waals surface area contributed by atoms with Gasteiger partial charge in [0.25, 0.3) is 5.91 Å². The summed E-state index contributed by atoms with van der Waals surface area (Å²) in [6, 6.07) is 15.6. The fourth-order valence-corrected chi connectivity index (χ4v) is 4.98. The van der Waals surface area contributed by atoms with E-state index in [-0.39, 0.29) is 17.7 Å². The maximum Gasteiger partial charge on any atom is 0.254 e. The second-order valence-electron chi connectivity index (χ2n) is 9.39.